The first kappa shape index (κ1) is 11.2. The summed E-state index contributed by atoms with van der Waals surface area (Å²) in [6, 6.07) is 1.13. The predicted molar refractivity (Wildman–Crippen MR) is 68.3 cm³/mol. The molecule has 1 aromatic heterocycles. The maximum Gasteiger partial charge on any atom is 0.171 e. The number of nitrogens with one attached hydrogen (secondary N) is 1. The average Bonchev–Trinajstić information content (AvgIpc) is 2.76. The Kier molecular flexibility index (Phi) is 3.16. The minimum Gasteiger partial charge on any atom is -0.363 e. The third-order valence-electron chi connectivity index (χ3n) is 3.83. The van der Waals surface area contributed by atoms with Gasteiger partial charge in [-0.15, -0.1) is 0 Å². The maximum atomic E-state index is 6.03. The van der Waals surface area contributed by atoms with E-state index in [0.717, 1.165) is 5.82 Å². The first-order valence-electron chi connectivity index (χ1n) is 6.32. The van der Waals surface area contributed by atoms with Gasteiger partial charge in [0.2, 0.25) is 0 Å². The molecule has 2 aliphatic heterocycles. The monoisotopic (exact) mass is 252 g/mol. The Morgan fingerprint density at radius 3 is 2.94 bits per heavy atom. The molecule has 0 spiro atoms. The Morgan fingerprint density at radius 2 is 2.06 bits per heavy atom. The number of halogens is 1. The highest BCUT2D eigenvalue weighted by molar-refractivity contribution is 6.31. The van der Waals surface area contributed by atoms with Gasteiger partial charge in [0.1, 0.15) is 0 Å². The standard InChI is InChI=1S/C12H17ClN4/c13-11-12(15-6-5-14-11)16-9-4-8-17-7-2-1-3-10(9)17/h5-6,9-10H,1-4,7-8H2,(H,15,16). The van der Waals surface area contributed by atoms with Gasteiger partial charge in [-0.05, 0) is 25.8 Å². The third kappa shape index (κ3) is 2.24. The quantitative estimate of drug-likeness (QED) is 0.876. The number of nitrogens with zero attached hydrogens (tertiary/aromatic N) is 3. The van der Waals surface area contributed by atoms with Gasteiger partial charge in [-0.3, -0.25) is 4.90 Å². The van der Waals surface area contributed by atoms with E-state index >= 15 is 0 Å². The predicted octanol–water partition coefficient (Wildman–Crippen LogP) is 2.17. The smallest absolute Gasteiger partial charge is 0.171 e. The summed E-state index contributed by atoms with van der Waals surface area (Å²) in [5, 5.41) is 3.93. The molecular formula is C12H17ClN4. The second-order valence-corrected chi connectivity index (χ2v) is 5.19. The number of rotatable bonds is 2. The summed E-state index contributed by atoms with van der Waals surface area (Å²) < 4.78 is 0. The molecule has 0 bridgehead atoms. The molecular weight excluding hydrogens is 236 g/mol. The number of hydrogen-bond donors (Lipinski definition) is 1. The lowest BCUT2D eigenvalue weighted by molar-refractivity contribution is 0.192. The molecule has 2 unspecified atom stereocenters. The minimum atomic E-state index is 0.474. The van der Waals surface area contributed by atoms with Crippen LogP contribution in [0.25, 0.3) is 0 Å². The summed E-state index contributed by atoms with van der Waals surface area (Å²) in [6.07, 6.45) is 8.45. The van der Waals surface area contributed by atoms with E-state index in [1.807, 2.05) is 0 Å². The number of aromatic nitrogens is 2. The van der Waals surface area contributed by atoms with Gasteiger partial charge in [-0.25, -0.2) is 9.97 Å². The molecule has 2 aliphatic rings. The van der Waals surface area contributed by atoms with Crippen molar-refractivity contribution >= 4 is 17.4 Å². The van der Waals surface area contributed by atoms with Crippen molar-refractivity contribution in [2.75, 3.05) is 18.4 Å². The van der Waals surface area contributed by atoms with Crippen LogP contribution in [0.1, 0.15) is 25.7 Å². The van der Waals surface area contributed by atoms with Crippen LogP contribution in [0.3, 0.4) is 0 Å². The molecule has 0 radical (unpaired) electrons. The van der Waals surface area contributed by atoms with Crippen LogP contribution < -0.4 is 5.32 Å². The molecule has 2 fully saturated rings. The molecule has 3 heterocycles. The molecule has 92 valence electrons. The molecule has 2 saturated heterocycles. The molecule has 1 aromatic rings. The number of hydrogen-bond acceptors (Lipinski definition) is 4. The third-order valence-corrected chi connectivity index (χ3v) is 4.11. The van der Waals surface area contributed by atoms with Crippen molar-refractivity contribution < 1.29 is 0 Å². The van der Waals surface area contributed by atoms with Crippen LogP contribution in [0, 0.1) is 0 Å². The van der Waals surface area contributed by atoms with Crippen LogP contribution in [-0.4, -0.2) is 40.0 Å². The number of anilines is 1. The van der Waals surface area contributed by atoms with Crippen molar-refractivity contribution in [2.45, 2.75) is 37.8 Å². The molecule has 1 N–H and O–H groups in total. The van der Waals surface area contributed by atoms with Crippen LogP contribution in [0.5, 0.6) is 0 Å². The molecule has 0 aliphatic carbocycles. The molecule has 2 atom stereocenters. The van der Waals surface area contributed by atoms with Crippen LogP contribution in [-0.2, 0) is 0 Å². The van der Waals surface area contributed by atoms with Crippen LogP contribution >= 0.6 is 11.6 Å². The summed E-state index contributed by atoms with van der Waals surface area (Å²) >= 11 is 6.03. The topological polar surface area (TPSA) is 41.1 Å². The first-order chi connectivity index (χ1) is 8.34. The zero-order valence-electron chi connectivity index (χ0n) is 9.77. The zero-order chi connectivity index (χ0) is 11.7. The molecule has 0 amide bonds. The summed E-state index contributed by atoms with van der Waals surface area (Å²) in [5.74, 6) is 0.728. The summed E-state index contributed by atoms with van der Waals surface area (Å²) in [7, 11) is 0. The van der Waals surface area contributed by atoms with Crippen LogP contribution in [0.15, 0.2) is 12.4 Å². The van der Waals surface area contributed by atoms with E-state index in [2.05, 4.69) is 20.2 Å². The largest absolute Gasteiger partial charge is 0.363 e. The fourth-order valence-electron chi connectivity index (χ4n) is 3.01. The molecule has 0 saturated carbocycles. The average molecular weight is 253 g/mol. The molecule has 0 aromatic carbocycles. The second kappa shape index (κ2) is 4.78. The van der Waals surface area contributed by atoms with E-state index in [1.165, 1.54) is 38.8 Å². The fraction of sp³-hybridized carbons (Fsp3) is 0.667. The van der Waals surface area contributed by atoms with Crippen LogP contribution in [0.2, 0.25) is 5.15 Å². The van der Waals surface area contributed by atoms with E-state index in [-0.39, 0.29) is 0 Å². The van der Waals surface area contributed by atoms with E-state index in [0.29, 0.717) is 17.2 Å². The summed E-state index contributed by atoms with van der Waals surface area (Å²) in [4.78, 5) is 10.9. The van der Waals surface area contributed by atoms with Crippen molar-refractivity contribution in [2.24, 2.45) is 0 Å². The van der Waals surface area contributed by atoms with E-state index in [4.69, 9.17) is 11.6 Å². The highest BCUT2D eigenvalue weighted by atomic mass is 35.5. The summed E-state index contributed by atoms with van der Waals surface area (Å²) in [6.45, 7) is 2.44. The van der Waals surface area contributed by atoms with Gasteiger partial charge < -0.3 is 5.32 Å². The number of piperidine rings is 1. The second-order valence-electron chi connectivity index (χ2n) is 4.83. The lowest BCUT2D eigenvalue weighted by atomic mass is 9.99. The summed E-state index contributed by atoms with van der Waals surface area (Å²) in [5.41, 5.74) is 0. The van der Waals surface area contributed by atoms with Crippen molar-refractivity contribution in [1.29, 1.82) is 0 Å². The van der Waals surface area contributed by atoms with Crippen molar-refractivity contribution in [3.63, 3.8) is 0 Å². The minimum absolute atomic E-state index is 0.474. The van der Waals surface area contributed by atoms with Gasteiger partial charge in [-0.2, -0.15) is 0 Å². The van der Waals surface area contributed by atoms with Gasteiger partial charge in [0.25, 0.3) is 0 Å². The molecule has 5 heteroatoms. The molecule has 17 heavy (non-hydrogen) atoms. The Hall–Kier alpha value is -0.870. The highest BCUT2D eigenvalue weighted by Gasteiger charge is 2.35. The maximum absolute atomic E-state index is 6.03. The Labute approximate surface area is 106 Å². The fourth-order valence-corrected chi connectivity index (χ4v) is 3.17. The Bertz CT molecular complexity index is 398. The van der Waals surface area contributed by atoms with Gasteiger partial charge in [0.15, 0.2) is 11.0 Å². The zero-order valence-corrected chi connectivity index (χ0v) is 10.5. The van der Waals surface area contributed by atoms with Gasteiger partial charge >= 0.3 is 0 Å². The Morgan fingerprint density at radius 1 is 1.18 bits per heavy atom. The van der Waals surface area contributed by atoms with E-state index < -0.39 is 0 Å². The lowest BCUT2D eigenvalue weighted by Crippen LogP contribution is -2.41. The SMILES string of the molecule is Clc1nccnc1NC1CCN2CCCCC12. The first-order valence-corrected chi connectivity index (χ1v) is 6.69. The molecule has 4 nitrogen and oxygen atoms in total. The van der Waals surface area contributed by atoms with Crippen molar-refractivity contribution in [3.8, 4) is 0 Å². The normalized spacial score (nSPS) is 29.0. The van der Waals surface area contributed by atoms with Crippen molar-refractivity contribution in [1.82, 2.24) is 14.9 Å². The van der Waals surface area contributed by atoms with Crippen LogP contribution in [0.4, 0.5) is 5.82 Å². The van der Waals surface area contributed by atoms with Gasteiger partial charge in [0, 0.05) is 31.0 Å². The Balaban J connectivity index is 1.71. The lowest BCUT2D eigenvalue weighted by Gasteiger charge is -2.32. The molecule has 3 rings (SSSR count). The van der Waals surface area contributed by atoms with Gasteiger partial charge in [0.05, 0.1) is 0 Å². The highest BCUT2D eigenvalue weighted by Crippen LogP contribution is 2.29. The van der Waals surface area contributed by atoms with E-state index in [1.54, 1.807) is 12.4 Å². The van der Waals surface area contributed by atoms with Crippen molar-refractivity contribution in [3.05, 3.63) is 17.5 Å². The number of fused-ring (bicyclic) bond motifs is 1. The van der Waals surface area contributed by atoms with Gasteiger partial charge in [-0.1, -0.05) is 18.0 Å². The van der Waals surface area contributed by atoms with E-state index in [9.17, 15) is 0 Å².